The van der Waals surface area contributed by atoms with Crippen LogP contribution in [-0.4, -0.2) is 34.3 Å². The number of aromatic nitrogens is 3. The van der Waals surface area contributed by atoms with Crippen molar-refractivity contribution in [1.29, 1.82) is 0 Å². The zero-order valence-electron chi connectivity index (χ0n) is 16.5. The van der Waals surface area contributed by atoms with Crippen molar-refractivity contribution < 1.29 is 18.3 Å². The summed E-state index contributed by atoms with van der Waals surface area (Å²) in [6.07, 6.45) is 3.48. The molecule has 0 bridgehead atoms. The van der Waals surface area contributed by atoms with Crippen LogP contribution in [-0.2, 0) is 6.54 Å². The van der Waals surface area contributed by atoms with Crippen molar-refractivity contribution in [3.63, 3.8) is 0 Å². The van der Waals surface area contributed by atoms with Gasteiger partial charge in [0.25, 0.3) is 5.91 Å². The second kappa shape index (κ2) is 7.84. The lowest BCUT2D eigenvalue weighted by Gasteiger charge is -2.18. The van der Waals surface area contributed by atoms with E-state index in [1.807, 2.05) is 24.4 Å². The highest BCUT2D eigenvalue weighted by atomic mass is 32.1. The van der Waals surface area contributed by atoms with Gasteiger partial charge in [-0.3, -0.25) is 14.4 Å². The summed E-state index contributed by atoms with van der Waals surface area (Å²) in [4.78, 5) is 19.4. The van der Waals surface area contributed by atoms with E-state index in [0.29, 0.717) is 27.7 Å². The van der Waals surface area contributed by atoms with Crippen LogP contribution in [0.1, 0.15) is 10.6 Å². The fourth-order valence-corrected chi connectivity index (χ4v) is 4.38. The number of carbonyl (C=O) groups excluding carboxylic acids is 1. The first-order chi connectivity index (χ1) is 15.1. The van der Waals surface area contributed by atoms with E-state index in [1.165, 1.54) is 22.3 Å². The van der Waals surface area contributed by atoms with Crippen LogP contribution in [0.5, 0.6) is 5.75 Å². The maximum atomic E-state index is 14.2. The Bertz CT molecular complexity index is 1380. The molecule has 0 saturated heterocycles. The molecule has 1 amide bonds. The number of amides is 1. The minimum Gasteiger partial charge on any atom is -0.493 e. The summed E-state index contributed by atoms with van der Waals surface area (Å²) in [5.41, 5.74) is 0.737. The van der Waals surface area contributed by atoms with E-state index in [1.54, 1.807) is 42.3 Å². The van der Waals surface area contributed by atoms with Gasteiger partial charge in [-0.05, 0) is 30.3 Å². The molecule has 0 spiro atoms. The predicted molar refractivity (Wildman–Crippen MR) is 116 cm³/mol. The maximum Gasteiger partial charge on any atom is 0.295 e. The highest BCUT2D eigenvalue weighted by Crippen LogP contribution is 2.33. The van der Waals surface area contributed by atoms with Gasteiger partial charge in [0.2, 0.25) is 0 Å². The number of hydrogen-bond donors (Lipinski definition) is 0. The van der Waals surface area contributed by atoms with Crippen molar-refractivity contribution >= 4 is 43.6 Å². The summed E-state index contributed by atoms with van der Waals surface area (Å²) < 4.78 is 27.8. The fourth-order valence-electron chi connectivity index (χ4n) is 3.37. The summed E-state index contributed by atoms with van der Waals surface area (Å²) in [6, 6.07) is 13.7. The van der Waals surface area contributed by atoms with Gasteiger partial charge in [0.05, 0.1) is 18.4 Å². The summed E-state index contributed by atoms with van der Waals surface area (Å²) in [5, 5.41) is 5.34. The lowest BCUT2D eigenvalue weighted by atomic mass is 10.2. The Balaban J connectivity index is 1.55. The van der Waals surface area contributed by atoms with Crippen molar-refractivity contribution in [2.75, 3.05) is 18.6 Å². The number of halogens is 1. The monoisotopic (exact) mass is 436 g/mol. The molecule has 3 aromatic heterocycles. The Kier molecular flexibility index (Phi) is 4.87. The van der Waals surface area contributed by atoms with Gasteiger partial charge >= 0.3 is 0 Å². The lowest BCUT2D eigenvalue weighted by molar-refractivity contribution is 0.0961. The molecule has 0 atom stereocenters. The molecule has 0 radical (unpaired) electrons. The van der Waals surface area contributed by atoms with Crippen molar-refractivity contribution in [3.05, 3.63) is 72.5 Å². The normalized spacial score (nSPS) is 11.3. The van der Waals surface area contributed by atoms with Crippen molar-refractivity contribution in [3.8, 4) is 5.75 Å². The van der Waals surface area contributed by atoms with Gasteiger partial charge in [-0.15, -0.1) is 0 Å². The molecule has 31 heavy (non-hydrogen) atoms. The Labute approximate surface area is 180 Å². The second-order valence-corrected chi connectivity index (χ2v) is 7.81. The lowest BCUT2D eigenvalue weighted by Crippen LogP contribution is -2.33. The van der Waals surface area contributed by atoms with E-state index in [-0.39, 0.29) is 23.7 Å². The van der Waals surface area contributed by atoms with Crippen LogP contribution in [0, 0.1) is 5.82 Å². The molecule has 0 aliphatic rings. The minimum absolute atomic E-state index is 0.152. The summed E-state index contributed by atoms with van der Waals surface area (Å²) in [6.45, 7) is 0.733. The van der Waals surface area contributed by atoms with E-state index in [4.69, 9.17) is 9.15 Å². The van der Waals surface area contributed by atoms with Gasteiger partial charge in [0, 0.05) is 24.3 Å². The molecule has 7 nitrogen and oxygen atoms in total. The van der Waals surface area contributed by atoms with Gasteiger partial charge < -0.3 is 9.15 Å². The van der Waals surface area contributed by atoms with E-state index >= 15 is 0 Å². The number of furan rings is 1. The SMILES string of the molecule is COc1cccc2cc(C(=O)N(CCn3cccn3)c3nc4c(F)cccc4s3)oc12. The third-order valence-corrected chi connectivity index (χ3v) is 5.93. The number of fused-ring (bicyclic) bond motifs is 2. The predicted octanol–water partition coefficient (Wildman–Crippen LogP) is 4.73. The third-order valence-electron chi connectivity index (χ3n) is 4.89. The molecule has 2 aromatic carbocycles. The summed E-state index contributed by atoms with van der Waals surface area (Å²) >= 11 is 1.25. The van der Waals surface area contributed by atoms with Gasteiger partial charge in [0.15, 0.2) is 22.2 Å². The Morgan fingerprint density at radius 2 is 2.13 bits per heavy atom. The number of anilines is 1. The Morgan fingerprint density at radius 3 is 2.90 bits per heavy atom. The largest absolute Gasteiger partial charge is 0.493 e. The standard InChI is InChI=1S/C22H17FN4O3S/c1-29-16-7-2-5-14-13-17(30-20(14)16)21(28)27(12-11-26-10-4-9-24-26)22-25-19-15(23)6-3-8-18(19)31-22/h2-10,13H,11-12H2,1H3. The van der Waals surface area contributed by atoms with E-state index < -0.39 is 5.82 Å². The highest BCUT2D eigenvalue weighted by molar-refractivity contribution is 7.22. The van der Waals surface area contributed by atoms with Gasteiger partial charge in [0.1, 0.15) is 11.3 Å². The van der Waals surface area contributed by atoms with E-state index in [2.05, 4.69) is 10.1 Å². The van der Waals surface area contributed by atoms with E-state index in [9.17, 15) is 9.18 Å². The zero-order chi connectivity index (χ0) is 21.4. The quantitative estimate of drug-likeness (QED) is 0.385. The van der Waals surface area contributed by atoms with Gasteiger partial charge in [-0.2, -0.15) is 5.10 Å². The Hall–Kier alpha value is -3.72. The average Bonchev–Trinajstić information content (AvgIpc) is 3.52. The number of hydrogen-bond acceptors (Lipinski definition) is 6. The van der Waals surface area contributed by atoms with Crippen molar-refractivity contribution in [2.24, 2.45) is 0 Å². The number of thiazole rings is 1. The van der Waals surface area contributed by atoms with Crippen molar-refractivity contribution in [1.82, 2.24) is 14.8 Å². The first-order valence-corrected chi connectivity index (χ1v) is 10.4. The summed E-state index contributed by atoms with van der Waals surface area (Å²) in [7, 11) is 1.55. The van der Waals surface area contributed by atoms with Crippen LogP contribution in [0.3, 0.4) is 0 Å². The van der Waals surface area contributed by atoms with Gasteiger partial charge in [-0.25, -0.2) is 9.37 Å². The number of rotatable bonds is 6. The number of nitrogens with zero attached hydrogens (tertiary/aromatic N) is 4. The molecule has 5 rings (SSSR count). The molecule has 3 heterocycles. The molecule has 5 aromatic rings. The number of para-hydroxylation sites is 2. The molecule has 0 saturated carbocycles. The molecule has 0 aliphatic carbocycles. The minimum atomic E-state index is -0.423. The molecule has 0 aliphatic heterocycles. The highest BCUT2D eigenvalue weighted by Gasteiger charge is 2.25. The van der Waals surface area contributed by atoms with Crippen LogP contribution in [0.4, 0.5) is 9.52 Å². The summed E-state index contributed by atoms with van der Waals surface area (Å²) in [5.74, 6) is -0.0979. The van der Waals surface area contributed by atoms with Crippen LogP contribution in [0.25, 0.3) is 21.2 Å². The number of ether oxygens (including phenoxy) is 1. The average molecular weight is 436 g/mol. The smallest absolute Gasteiger partial charge is 0.295 e. The number of methoxy groups -OCH3 is 1. The zero-order valence-corrected chi connectivity index (χ0v) is 17.3. The molecule has 0 fully saturated rings. The third kappa shape index (κ3) is 3.53. The molecule has 0 N–H and O–H groups in total. The molecule has 9 heteroatoms. The van der Waals surface area contributed by atoms with E-state index in [0.717, 1.165) is 5.39 Å². The molecular weight excluding hydrogens is 419 g/mol. The van der Waals surface area contributed by atoms with Crippen LogP contribution >= 0.6 is 11.3 Å². The second-order valence-electron chi connectivity index (χ2n) is 6.80. The van der Waals surface area contributed by atoms with Crippen LogP contribution in [0.2, 0.25) is 0 Å². The first-order valence-electron chi connectivity index (χ1n) is 9.55. The molecule has 156 valence electrons. The fraction of sp³-hybridized carbons (Fsp3) is 0.136. The number of benzene rings is 2. The molecule has 0 unspecified atom stereocenters. The molecular formula is C22H17FN4O3S. The van der Waals surface area contributed by atoms with Crippen LogP contribution < -0.4 is 9.64 Å². The topological polar surface area (TPSA) is 73.4 Å². The number of carbonyl (C=O) groups is 1. The maximum absolute atomic E-state index is 14.2. The van der Waals surface area contributed by atoms with Crippen molar-refractivity contribution in [2.45, 2.75) is 6.54 Å². The van der Waals surface area contributed by atoms with Gasteiger partial charge in [-0.1, -0.05) is 29.5 Å². The van der Waals surface area contributed by atoms with Crippen LogP contribution in [0.15, 0.2) is 65.3 Å². The first kappa shape index (κ1) is 19.3. The Morgan fingerprint density at radius 1 is 1.26 bits per heavy atom.